The molecule has 1 aromatic rings. The van der Waals surface area contributed by atoms with Crippen LogP contribution in [0.15, 0.2) is 29.5 Å². The minimum absolute atomic E-state index is 0. The maximum absolute atomic E-state index is 12.7. The quantitative estimate of drug-likeness (QED) is 0.185. The molecule has 1 saturated carbocycles. The van der Waals surface area contributed by atoms with E-state index in [0.29, 0.717) is 31.5 Å². The molecule has 164 valence electrons. The predicted octanol–water partition coefficient (Wildman–Crippen LogP) is 1.63. The van der Waals surface area contributed by atoms with Crippen molar-refractivity contribution >= 4 is 41.8 Å². The Morgan fingerprint density at radius 1 is 1.20 bits per heavy atom. The van der Waals surface area contributed by atoms with E-state index in [9.17, 15) is 9.59 Å². The molecule has 2 aliphatic carbocycles. The number of imide groups is 1. The Morgan fingerprint density at radius 2 is 1.87 bits per heavy atom. The summed E-state index contributed by atoms with van der Waals surface area (Å²) in [6, 6.07) is 0. The van der Waals surface area contributed by atoms with Gasteiger partial charge in [-0.15, -0.1) is 24.0 Å². The molecule has 2 N–H and O–H groups in total. The van der Waals surface area contributed by atoms with Crippen LogP contribution in [-0.2, 0) is 22.7 Å². The number of hydrogen-bond donors (Lipinski definition) is 2. The van der Waals surface area contributed by atoms with Crippen molar-refractivity contribution in [1.82, 2.24) is 25.1 Å². The maximum Gasteiger partial charge on any atom is 0.233 e. The van der Waals surface area contributed by atoms with Crippen LogP contribution in [0.2, 0.25) is 0 Å². The average molecular weight is 526 g/mol. The van der Waals surface area contributed by atoms with Crippen molar-refractivity contribution in [3.8, 4) is 0 Å². The number of imidazole rings is 1. The molecular formula is C21H31IN6O2. The van der Waals surface area contributed by atoms with Gasteiger partial charge in [0.25, 0.3) is 0 Å². The summed E-state index contributed by atoms with van der Waals surface area (Å²) in [5.41, 5.74) is 0. The molecule has 1 aliphatic heterocycles. The van der Waals surface area contributed by atoms with E-state index in [1.54, 1.807) is 13.2 Å². The standard InChI is InChI=1S/C21H30N6O2.HI/c1-13(2)12-26-8-6-23-16(26)11-25-21(22-3)24-7-9-27-19(28)17-14-4-5-15(10-14)18(17)20(27)29;/h4-6,8,13-15,17-18H,7,9-12H2,1-3H3,(H2,22,24,25);1H. The fraction of sp³-hybridized carbons (Fsp3) is 0.619. The lowest BCUT2D eigenvalue weighted by atomic mass is 9.85. The highest BCUT2D eigenvalue weighted by Crippen LogP contribution is 2.52. The van der Waals surface area contributed by atoms with E-state index >= 15 is 0 Å². The molecule has 2 amide bonds. The fourth-order valence-corrected chi connectivity index (χ4v) is 4.92. The van der Waals surface area contributed by atoms with Gasteiger partial charge in [-0.1, -0.05) is 26.0 Å². The second kappa shape index (κ2) is 9.49. The van der Waals surface area contributed by atoms with Crippen LogP contribution in [0.1, 0.15) is 26.1 Å². The van der Waals surface area contributed by atoms with Gasteiger partial charge in [-0.2, -0.15) is 0 Å². The molecule has 1 saturated heterocycles. The predicted molar refractivity (Wildman–Crippen MR) is 125 cm³/mol. The third kappa shape index (κ3) is 4.26. The highest BCUT2D eigenvalue weighted by molar-refractivity contribution is 14.0. The second-order valence-electron chi connectivity index (χ2n) is 8.57. The van der Waals surface area contributed by atoms with Crippen molar-refractivity contribution < 1.29 is 9.59 Å². The molecule has 30 heavy (non-hydrogen) atoms. The van der Waals surface area contributed by atoms with E-state index in [2.05, 4.69) is 51.2 Å². The number of likely N-dealkylation sites (tertiary alicyclic amines) is 1. The van der Waals surface area contributed by atoms with Crippen molar-refractivity contribution in [3.63, 3.8) is 0 Å². The topological polar surface area (TPSA) is 91.6 Å². The van der Waals surface area contributed by atoms with Gasteiger partial charge in [-0.25, -0.2) is 4.98 Å². The zero-order valence-electron chi connectivity index (χ0n) is 17.7. The van der Waals surface area contributed by atoms with E-state index in [-0.39, 0.29) is 59.5 Å². The number of guanidine groups is 1. The van der Waals surface area contributed by atoms with Crippen molar-refractivity contribution in [2.75, 3.05) is 20.1 Å². The van der Waals surface area contributed by atoms with Gasteiger partial charge in [0.1, 0.15) is 5.82 Å². The monoisotopic (exact) mass is 526 g/mol. The number of hydrogen-bond acceptors (Lipinski definition) is 4. The Balaban J connectivity index is 0.00000256. The molecule has 4 rings (SSSR count). The van der Waals surface area contributed by atoms with Crippen LogP contribution in [0.5, 0.6) is 0 Å². The Hall–Kier alpha value is -1.91. The van der Waals surface area contributed by atoms with Crippen molar-refractivity contribution in [3.05, 3.63) is 30.4 Å². The summed E-state index contributed by atoms with van der Waals surface area (Å²) in [6.07, 6.45) is 8.99. The maximum atomic E-state index is 12.7. The summed E-state index contributed by atoms with van der Waals surface area (Å²) in [7, 11) is 1.70. The Kier molecular flexibility index (Phi) is 7.20. The number of allylic oxidation sites excluding steroid dienone is 2. The van der Waals surface area contributed by atoms with Crippen molar-refractivity contribution in [2.24, 2.45) is 34.6 Å². The van der Waals surface area contributed by atoms with Crippen LogP contribution < -0.4 is 10.6 Å². The number of aromatic nitrogens is 2. The second-order valence-corrected chi connectivity index (χ2v) is 8.57. The number of nitrogens with one attached hydrogen (secondary N) is 2. The van der Waals surface area contributed by atoms with E-state index in [1.165, 1.54) is 4.90 Å². The largest absolute Gasteiger partial charge is 0.355 e. The lowest BCUT2D eigenvalue weighted by Crippen LogP contribution is -2.43. The van der Waals surface area contributed by atoms with Gasteiger partial charge in [0.05, 0.1) is 18.4 Å². The molecule has 3 aliphatic rings. The Labute approximate surface area is 194 Å². The van der Waals surface area contributed by atoms with Gasteiger partial charge >= 0.3 is 0 Å². The smallest absolute Gasteiger partial charge is 0.233 e. The number of carbonyl (C=O) groups is 2. The molecular weight excluding hydrogens is 495 g/mol. The molecule has 4 unspecified atom stereocenters. The number of amides is 2. The molecule has 0 radical (unpaired) electrons. The van der Waals surface area contributed by atoms with Crippen LogP contribution in [0, 0.1) is 29.6 Å². The van der Waals surface area contributed by atoms with Crippen molar-refractivity contribution in [1.29, 1.82) is 0 Å². The molecule has 1 aromatic heterocycles. The summed E-state index contributed by atoms with van der Waals surface area (Å²) >= 11 is 0. The minimum Gasteiger partial charge on any atom is -0.355 e. The normalized spacial score (nSPS) is 27.1. The Bertz CT molecular complexity index is 818. The fourth-order valence-electron chi connectivity index (χ4n) is 4.92. The summed E-state index contributed by atoms with van der Waals surface area (Å²) in [4.78, 5) is 35.5. The molecule has 8 nitrogen and oxygen atoms in total. The Morgan fingerprint density at radius 3 is 2.47 bits per heavy atom. The summed E-state index contributed by atoms with van der Waals surface area (Å²) in [5.74, 6) is 2.36. The molecule has 9 heteroatoms. The van der Waals surface area contributed by atoms with Gasteiger partial charge in [-0.05, 0) is 24.2 Å². The van der Waals surface area contributed by atoms with Gasteiger partial charge in [0, 0.05) is 39.1 Å². The van der Waals surface area contributed by atoms with Crippen LogP contribution in [0.3, 0.4) is 0 Å². The zero-order chi connectivity index (χ0) is 20.5. The number of carbonyl (C=O) groups excluding carboxylic acids is 2. The van der Waals surface area contributed by atoms with E-state index in [4.69, 9.17) is 0 Å². The molecule has 4 atom stereocenters. The first-order valence-corrected chi connectivity index (χ1v) is 10.5. The SMILES string of the molecule is CN=C(NCCN1C(=O)C2C3C=CC(C3)C2C1=O)NCc1nccn1CC(C)C.I. The zero-order valence-corrected chi connectivity index (χ0v) is 20.1. The lowest BCUT2D eigenvalue weighted by Gasteiger charge is -2.19. The highest BCUT2D eigenvalue weighted by atomic mass is 127. The molecule has 0 spiro atoms. The third-order valence-electron chi connectivity index (χ3n) is 6.19. The van der Waals surface area contributed by atoms with Gasteiger partial charge in [0.2, 0.25) is 11.8 Å². The summed E-state index contributed by atoms with van der Waals surface area (Å²) in [5, 5.41) is 6.46. The lowest BCUT2D eigenvalue weighted by molar-refractivity contribution is -0.140. The number of rotatable bonds is 7. The van der Waals surface area contributed by atoms with Gasteiger partial charge in [0.15, 0.2) is 5.96 Å². The van der Waals surface area contributed by atoms with E-state index < -0.39 is 0 Å². The third-order valence-corrected chi connectivity index (χ3v) is 6.19. The number of nitrogens with zero attached hydrogens (tertiary/aromatic N) is 4. The van der Waals surface area contributed by atoms with Crippen molar-refractivity contribution in [2.45, 2.75) is 33.4 Å². The van der Waals surface area contributed by atoms with Crippen LogP contribution in [-0.4, -0.2) is 52.4 Å². The summed E-state index contributed by atoms with van der Waals surface area (Å²) < 4.78 is 2.13. The first kappa shape index (κ1) is 22.8. The van der Waals surface area contributed by atoms with Crippen LogP contribution >= 0.6 is 24.0 Å². The van der Waals surface area contributed by atoms with Crippen LogP contribution in [0.4, 0.5) is 0 Å². The number of halogens is 1. The van der Waals surface area contributed by atoms with Crippen LogP contribution in [0.25, 0.3) is 0 Å². The average Bonchev–Trinajstić information content (AvgIpc) is 3.45. The molecule has 2 fully saturated rings. The highest BCUT2D eigenvalue weighted by Gasteiger charge is 2.58. The minimum atomic E-state index is -0.130. The summed E-state index contributed by atoms with van der Waals surface area (Å²) in [6.45, 7) is 6.66. The van der Waals surface area contributed by atoms with E-state index in [0.717, 1.165) is 18.8 Å². The molecule has 2 heterocycles. The van der Waals surface area contributed by atoms with Gasteiger partial charge in [-0.3, -0.25) is 19.5 Å². The first-order valence-electron chi connectivity index (χ1n) is 10.5. The number of aliphatic imine (C=N–C) groups is 1. The first-order chi connectivity index (χ1) is 14.0. The molecule has 2 bridgehead atoms. The number of fused-ring (bicyclic) bond motifs is 5. The van der Waals surface area contributed by atoms with Gasteiger partial charge < -0.3 is 15.2 Å². The molecule has 0 aromatic carbocycles. The van der Waals surface area contributed by atoms with E-state index in [1.807, 2.05) is 6.20 Å².